The summed E-state index contributed by atoms with van der Waals surface area (Å²) in [7, 11) is 5.11. The van der Waals surface area contributed by atoms with Gasteiger partial charge in [-0.05, 0) is 24.6 Å². The molecule has 0 aliphatic carbocycles. The second kappa shape index (κ2) is 7.26. The van der Waals surface area contributed by atoms with Crippen molar-refractivity contribution in [3.8, 4) is 0 Å². The summed E-state index contributed by atoms with van der Waals surface area (Å²) in [4.78, 5) is 27.0. The standard InChI is InChI=1S/C16H23N3O3/c1-18-10-13-7-5-4-6-12(13)8-14(18)11-19(2)15(20)9-17-16(21)22-3/h4-7,14H,8-11H2,1-3H3,(H,17,21). The Kier molecular flexibility index (Phi) is 5.38. The van der Waals surface area contributed by atoms with Gasteiger partial charge in [0.15, 0.2) is 0 Å². The quantitative estimate of drug-likeness (QED) is 0.896. The Morgan fingerprint density at radius 3 is 2.73 bits per heavy atom. The maximum absolute atomic E-state index is 12.0. The van der Waals surface area contributed by atoms with Gasteiger partial charge in [-0.3, -0.25) is 9.69 Å². The number of likely N-dealkylation sites (N-methyl/N-ethyl adjacent to an activating group) is 2. The summed E-state index contributed by atoms with van der Waals surface area (Å²) in [5.74, 6) is -0.127. The predicted molar refractivity (Wildman–Crippen MR) is 83.4 cm³/mol. The lowest BCUT2D eigenvalue weighted by molar-refractivity contribution is -0.129. The molecule has 6 heteroatoms. The van der Waals surface area contributed by atoms with Crippen molar-refractivity contribution >= 4 is 12.0 Å². The number of benzene rings is 1. The molecule has 120 valence electrons. The molecule has 0 saturated carbocycles. The van der Waals surface area contributed by atoms with E-state index < -0.39 is 6.09 Å². The molecular formula is C16H23N3O3. The summed E-state index contributed by atoms with van der Waals surface area (Å²) < 4.78 is 4.46. The molecule has 0 aromatic heterocycles. The van der Waals surface area contributed by atoms with Crippen molar-refractivity contribution in [1.29, 1.82) is 0 Å². The SMILES string of the molecule is COC(=O)NCC(=O)N(C)CC1Cc2ccccc2CN1C. The third-order valence-corrected chi connectivity index (χ3v) is 4.10. The molecule has 1 aromatic carbocycles. The number of amides is 2. The third-order valence-electron chi connectivity index (χ3n) is 4.10. The molecule has 0 saturated heterocycles. The highest BCUT2D eigenvalue weighted by Gasteiger charge is 2.25. The predicted octanol–water partition coefficient (Wildman–Crippen LogP) is 0.857. The first-order valence-electron chi connectivity index (χ1n) is 7.34. The van der Waals surface area contributed by atoms with Crippen LogP contribution in [0.3, 0.4) is 0 Å². The topological polar surface area (TPSA) is 61.9 Å². The minimum absolute atomic E-state index is 0.0454. The fourth-order valence-electron chi connectivity index (χ4n) is 2.70. The summed E-state index contributed by atoms with van der Waals surface area (Å²) in [6, 6.07) is 8.69. The molecule has 0 radical (unpaired) electrons. The van der Waals surface area contributed by atoms with E-state index in [1.807, 2.05) is 0 Å². The first kappa shape index (κ1) is 16.3. The molecule has 1 aliphatic rings. The van der Waals surface area contributed by atoms with Gasteiger partial charge < -0.3 is 15.0 Å². The zero-order valence-electron chi connectivity index (χ0n) is 13.3. The van der Waals surface area contributed by atoms with Crippen LogP contribution in [0.5, 0.6) is 0 Å². The number of ether oxygens (including phenoxy) is 1. The van der Waals surface area contributed by atoms with E-state index in [9.17, 15) is 9.59 Å². The molecule has 22 heavy (non-hydrogen) atoms. The number of hydrogen-bond donors (Lipinski definition) is 1. The lowest BCUT2D eigenvalue weighted by atomic mass is 9.94. The average molecular weight is 305 g/mol. The number of nitrogens with zero attached hydrogens (tertiary/aromatic N) is 2. The molecule has 1 aliphatic heterocycles. The van der Waals surface area contributed by atoms with Crippen LogP contribution in [0.25, 0.3) is 0 Å². The van der Waals surface area contributed by atoms with Gasteiger partial charge in [-0.2, -0.15) is 0 Å². The van der Waals surface area contributed by atoms with Crippen LogP contribution in [0.1, 0.15) is 11.1 Å². The van der Waals surface area contributed by atoms with E-state index in [2.05, 4.69) is 46.3 Å². The Balaban J connectivity index is 1.90. The van der Waals surface area contributed by atoms with E-state index in [4.69, 9.17) is 0 Å². The van der Waals surface area contributed by atoms with Gasteiger partial charge in [-0.1, -0.05) is 24.3 Å². The number of hydrogen-bond acceptors (Lipinski definition) is 4. The van der Waals surface area contributed by atoms with Crippen molar-refractivity contribution in [2.45, 2.75) is 19.0 Å². The Morgan fingerprint density at radius 1 is 1.36 bits per heavy atom. The van der Waals surface area contributed by atoms with Gasteiger partial charge in [0.2, 0.25) is 5.91 Å². The van der Waals surface area contributed by atoms with Crippen molar-refractivity contribution in [1.82, 2.24) is 15.1 Å². The fraction of sp³-hybridized carbons (Fsp3) is 0.500. The van der Waals surface area contributed by atoms with Crippen molar-refractivity contribution in [3.05, 3.63) is 35.4 Å². The number of fused-ring (bicyclic) bond motifs is 1. The second-order valence-corrected chi connectivity index (χ2v) is 5.66. The van der Waals surface area contributed by atoms with Crippen LogP contribution in [-0.2, 0) is 22.5 Å². The average Bonchev–Trinajstić information content (AvgIpc) is 2.52. The molecule has 1 N–H and O–H groups in total. The van der Waals surface area contributed by atoms with E-state index >= 15 is 0 Å². The molecule has 2 amide bonds. The summed E-state index contributed by atoms with van der Waals surface area (Å²) in [5.41, 5.74) is 2.70. The zero-order chi connectivity index (χ0) is 16.1. The number of carbonyl (C=O) groups is 2. The van der Waals surface area contributed by atoms with Crippen LogP contribution in [0.4, 0.5) is 4.79 Å². The van der Waals surface area contributed by atoms with E-state index in [-0.39, 0.29) is 18.5 Å². The minimum atomic E-state index is -0.592. The van der Waals surface area contributed by atoms with Gasteiger partial charge in [0.25, 0.3) is 0 Å². The number of alkyl carbamates (subject to hydrolysis) is 1. The highest BCUT2D eigenvalue weighted by molar-refractivity contribution is 5.82. The van der Waals surface area contributed by atoms with Crippen molar-refractivity contribution < 1.29 is 14.3 Å². The van der Waals surface area contributed by atoms with Crippen molar-refractivity contribution in [2.75, 3.05) is 34.3 Å². The Bertz CT molecular complexity index is 547. The summed E-state index contributed by atoms with van der Waals surface area (Å²) in [5, 5.41) is 2.41. The second-order valence-electron chi connectivity index (χ2n) is 5.66. The monoisotopic (exact) mass is 305 g/mol. The van der Waals surface area contributed by atoms with Crippen molar-refractivity contribution in [3.63, 3.8) is 0 Å². The molecule has 0 spiro atoms. The van der Waals surface area contributed by atoms with Gasteiger partial charge >= 0.3 is 6.09 Å². The third kappa shape index (κ3) is 3.98. The fourth-order valence-corrected chi connectivity index (χ4v) is 2.70. The maximum Gasteiger partial charge on any atom is 0.407 e. The van der Waals surface area contributed by atoms with Crippen LogP contribution < -0.4 is 5.32 Å². The summed E-state index contributed by atoms with van der Waals surface area (Å²) >= 11 is 0. The Morgan fingerprint density at radius 2 is 2.05 bits per heavy atom. The largest absolute Gasteiger partial charge is 0.453 e. The van der Waals surface area contributed by atoms with Crippen LogP contribution in [-0.4, -0.2) is 62.1 Å². The molecule has 1 unspecified atom stereocenters. The smallest absolute Gasteiger partial charge is 0.407 e. The number of rotatable bonds is 4. The van der Waals surface area contributed by atoms with Gasteiger partial charge in [0.1, 0.15) is 6.54 Å². The van der Waals surface area contributed by atoms with E-state index in [1.54, 1.807) is 11.9 Å². The number of methoxy groups -OCH3 is 1. The van der Waals surface area contributed by atoms with Crippen LogP contribution in [0.15, 0.2) is 24.3 Å². The van der Waals surface area contributed by atoms with Gasteiger partial charge in [-0.25, -0.2) is 4.79 Å². The lowest BCUT2D eigenvalue weighted by Crippen LogP contribution is -2.48. The van der Waals surface area contributed by atoms with Crippen LogP contribution in [0.2, 0.25) is 0 Å². The van der Waals surface area contributed by atoms with E-state index in [0.717, 1.165) is 13.0 Å². The van der Waals surface area contributed by atoms with Gasteiger partial charge in [0.05, 0.1) is 7.11 Å². The summed E-state index contributed by atoms with van der Waals surface area (Å²) in [6.45, 7) is 1.48. The summed E-state index contributed by atoms with van der Waals surface area (Å²) in [6.07, 6.45) is 0.333. The molecule has 0 bridgehead atoms. The number of nitrogens with one attached hydrogen (secondary N) is 1. The molecule has 0 fully saturated rings. The lowest BCUT2D eigenvalue weighted by Gasteiger charge is -2.36. The molecule has 1 atom stereocenters. The minimum Gasteiger partial charge on any atom is -0.453 e. The Hall–Kier alpha value is -2.08. The molecule has 6 nitrogen and oxygen atoms in total. The normalized spacial score (nSPS) is 17.5. The first-order valence-corrected chi connectivity index (χ1v) is 7.34. The molecule has 2 rings (SSSR count). The van der Waals surface area contributed by atoms with Gasteiger partial charge in [0, 0.05) is 26.2 Å². The molecular weight excluding hydrogens is 282 g/mol. The number of carbonyl (C=O) groups excluding carboxylic acids is 2. The van der Waals surface area contributed by atoms with Crippen molar-refractivity contribution in [2.24, 2.45) is 0 Å². The Labute approximate surface area is 131 Å². The van der Waals surface area contributed by atoms with Crippen LogP contribution >= 0.6 is 0 Å². The van der Waals surface area contributed by atoms with Crippen LogP contribution in [0, 0.1) is 0 Å². The molecule has 1 aromatic rings. The van der Waals surface area contributed by atoms with E-state index in [0.29, 0.717) is 6.54 Å². The van der Waals surface area contributed by atoms with E-state index in [1.165, 1.54) is 18.2 Å². The molecule has 1 heterocycles. The zero-order valence-corrected chi connectivity index (χ0v) is 13.3. The first-order chi connectivity index (χ1) is 10.5. The highest BCUT2D eigenvalue weighted by Crippen LogP contribution is 2.22. The highest BCUT2D eigenvalue weighted by atomic mass is 16.5. The maximum atomic E-state index is 12.0. The van der Waals surface area contributed by atoms with Gasteiger partial charge in [-0.15, -0.1) is 0 Å².